The van der Waals surface area contributed by atoms with Gasteiger partial charge in [-0.3, -0.25) is 4.79 Å². The van der Waals surface area contributed by atoms with Crippen molar-refractivity contribution in [3.05, 3.63) is 64.2 Å². The van der Waals surface area contributed by atoms with Crippen molar-refractivity contribution in [2.75, 3.05) is 6.61 Å². The van der Waals surface area contributed by atoms with E-state index in [1.165, 1.54) is 5.56 Å². The van der Waals surface area contributed by atoms with E-state index < -0.39 is 0 Å². The van der Waals surface area contributed by atoms with Gasteiger partial charge in [0.05, 0.1) is 6.04 Å². The molecule has 1 N–H and O–H groups in total. The zero-order valence-corrected chi connectivity index (χ0v) is 13.8. The molecule has 22 heavy (non-hydrogen) atoms. The summed E-state index contributed by atoms with van der Waals surface area (Å²) in [5.41, 5.74) is 3.47. The third kappa shape index (κ3) is 4.50. The van der Waals surface area contributed by atoms with Crippen LogP contribution in [0.25, 0.3) is 0 Å². The van der Waals surface area contributed by atoms with Crippen molar-refractivity contribution < 1.29 is 9.53 Å². The predicted octanol–water partition coefficient (Wildman–Crippen LogP) is 4.21. The van der Waals surface area contributed by atoms with E-state index in [1.807, 2.05) is 20.8 Å². The maximum Gasteiger partial charge on any atom is 0.258 e. The molecule has 2 aromatic carbocycles. The number of nitrogens with one attached hydrogen (secondary N) is 1. The quantitative estimate of drug-likeness (QED) is 0.897. The molecule has 0 saturated carbocycles. The molecule has 0 spiro atoms. The SMILES string of the molecule is Cc1ccc(C)c(C(C)NC(=O)COc2ccc(Cl)cc2)c1. The van der Waals surface area contributed by atoms with Gasteiger partial charge in [-0.05, 0) is 56.2 Å². The topological polar surface area (TPSA) is 38.3 Å². The molecule has 2 aromatic rings. The second-order valence-electron chi connectivity index (χ2n) is 5.39. The lowest BCUT2D eigenvalue weighted by molar-refractivity contribution is -0.123. The van der Waals surface area contributed by atoms with Crippen molar-refractivity contribution in [1.82, 2.24) is 5.32 Å². The van der Waals surface area contributed by atoms with Crippen molar-refractivity contribution in [3.63, 3.8) is 0 Å². The Morgan fingerprint density at radius 3 is 2.55 bits per heavy atom. The van der Waals surface area contributed by atoms with Crippen LogP contribution in [0.5, 0.6) is 5.75 Å². The molecular formula is C18H20ClNO2. The highest BCUT2D eigenvalue weighted by Crippen LogP contribution is 2.19. The largest absolute Gasteiger partial charge is 0.484 e. The molecule has 0 saturated heterocycles. The first kappa shape index (κ1) is 16.4. The highest BCUT2D eigenvalue weighted by molar-refractivity contribution is 6.30. The van der Waals surface area contributed by atoms with Gasteiger partial charge in [-0.1, -0.05) is 35.4 Å². The minimum absolute atomic E-state index is 0.0170. The summed E-state index contributed by atoms with van der Waals surface area (Å²) in [5, 5.41) is 3.60. The maximum atomic E-state index is 12.0. The first-order valence-corrected chi connectivity index (χ1v) is 7.58. The molecule has 116 valence electrons. The van der Waals surface area contributed by atoms with Gasteiger partial charge in [-0.25, -0.2) is 0 Å². The zero-order chi connectivity index (χ0) is 16.1. The third-order valence-electron chi connectivity index (χ3n) is 3.46. The van der Waals surface area contributed by atoms with Crippen LogP contribution in [0.2, 0.25) is 5.02 Å². The summed E-state index contributed by atoms with van der Waals surface area (Å²) < 4.78 is 5.44. The van der Waals surface area contributed by atoms with E-state index in [9.17, 15) is 4.79 Å². The van der Waals surface area contributed by atoms with Gasteiger partial charge >= 0.3 is 0 Å². The summed E-state index contributed by atoms with van der Waals surface area (Å²) in [6.07, 6.45) is 0. The molecule has 0 aliphatic heterocycles. The van der Waals surface area contributed by atoms with Crippen LogP contribution in [0, 0.1) is 13.8 Å². The summed E-state index contributed by atoms with van der Waals surface area (Å²) in [6, 6.07) is 13.1. The maximum absolute atomic E-state index is 12.0. The lowest BCUT2D eigenvalue weighted by atomic mass is 10.00. The van der Waals surface area contributed by atoms with Gasteiger partial charge < -0.3 is 10.1 Å². The Hall–Kier alpha value is -2.00. The van der Waals surface area contributed by atoms with Crippen LogP contribution in [0.1, 0.15) is 29.7 Å². The Bertz CT molecular complexity index is 653. The fraction of sp³-hybridized carbons (Fsp3) is 0.278. The van der Waals surface area contributed by atoms with Gasteiger partial charge in [-0.2, -0.15) is 0 Å². The number of amides is 1. The molecule has 0 fully saturated rings. The van der Waals surface area contributed by atoms with Crippen molar-refractivity contribution in [3.8, 4) is 5.75 Å². The molecule has 0 heterocycles. The van der Waals surface area contributed by atoms with Crippen LogP contribution in [0.3, 0.4) is 0 Å². The van der Waals surface area contributed by atoms with Crippen molar-refractivity contribution in [2.45, 2.75) is 26.8 Å². The standard InChI is InChI=1S/C18H20ClNO2/c1-12-4-5-13(2)17(10-12)14(3)20-18(21)11-22-16-8-6-15(19)7-9-16/h4-10,14H,11H2,1-3H3,(H,20,21). The number of carbonyl (C=O) groups excluding carboxylic acids is 1. The minimum atomic E-state index is -0.150. The average Bonchev–Trinajstić information content (AvgIpc) is 2.49. The lowest BCUT2D eigenvalue weighted by Crippen LogP contribution is -2.31. The smallest absolute Gasteiger partial charge is 0.258 e. The van der Waals surface area contributed by atoms with Crippen LogP contribution >= 0.6 is 11.6 Å². The van der Waals surface area contributed by atoms with Crippen LogP contribution in [-0.2, 0) is 4.79 Å². The van der Waals surface area contributed by atoms with E-state index in [2.05, 4.69) is 23.5 Å². The van der Waals surface area contributed by atoms with Gasteiger partial charge in [-0.15, -0.1) is 0 Å². The molecule has 1 amide bonds. The molecule has 4 heteroatoms. The van der Waals surface area contributed by atoms with Crippen molar-refractivity contribution in [2.24, 2.45) is 0 Å². The number of hydrogen-bond donors (Lipinski definition) is 1. The van der Waals surface area contributed by atoms with Crippen LogP contribution in [0.15, 0.2) is 42.5 Å². The lowest BCUT2D eigenvalue weighted by Gasteiger charge is -2.17. The number of rotatable bonds is 5. The summed E-state index contributed by atoms with van der Waals surface area (Å²) >= 11 is 5.80. The molecular weight excluding hydrogens is 298 g/mol. The van der Waals surface area contributed by atoms with Gasteiger partial charge in [0.15, 0.2) is 6.61 Å². The molecule has 1 unspecified atom stereocenters. The second-order valence-corrected chi connectivity index (χ2v) is 5.83. The molecule has 0 aliphatic carbocycles. The summed E-state index contributed by atoms with van der Waals surface area (Å²) in [7, 11) is 0. The summed E-state index contributed by atoms with van der Waals surface area (Å²) in [6.45, 7) is 6.04. The number of benzene rings is 2. The second kappa shape index (κ2) is 7.32. The van der Waals surface area contributed by atoms with Crippen LogP contribution in [-0.4, -0.2) is 12.5 Å². The minimum Gasteiger partial charge on any atom is -0.484 e. The highest BCUT2D eigenvalue weighted by atomic mass is 35.5. The first-order valence-electron chi connectivity index (χ1n) is 7.20. The Kier molecular flexibility index (Phi) is 5.45. The normalized spacial score (nSPS) is 11.8. The molecule has 2 rings (SSSR count). The Balaban J connectivity index is 1.91. The molecule has 0 radical (unpaired) electrons. The number of halogens is 1. The average molecular weight is 318 g/mol. The Morgan fingerprint density at radius 2 is 1.86 bits per heavy atom. The predicted molar refractivity (Wildman–Crippen MR) is 89.4 cm³/mol. The van der Waals surface area contributed by atoms with Crippen molar-refractivity contribution in [1.29, 1.82) is 0 Å². The number of carbonyl (C=O) groups is 1. The Morgan fingerprint density at radius 1 is 1.18 bits per heavy atom. The van der Waals surface area contributed by atoms with E-state index >= 15 is 0 Å². The number of ether oxygens (including phenoxy) is 1. The number of aryl methyl sites for hydroxylation is 2. The van der Waals surface area contributed by atoms with Gasteiger partial charge in [0.1, 0.15) is 5.75 Å². The monoisotopic (exact) mass is 317 g/mol. The fourth-order valence-electron chi connectivity index (χ4n) is 2.27. The molecule has 0 aromatic heterocycles. The zero-order valence-electron chi connectivity index (χ0n) is 13.0. The molecule has 1 atom stereocenters. The summed E-state index contributed by atoms with van der Waals surface area (Å²) in [5.74, 6) is 0.474. The van der Waals surface area contributed by atoms with E-state index in [4.69, 9.17) is 16.3 Å². The van der Waals surface area contributed by atoms with E-state index in [0.29, 0.717) is 10.8 Å². The van der Waals surface area contributed by atoms with Gasteiger partial charge in [0.25, 0.3) is 5.91 Å². The summed E-state index contributed by atoms with van der Waals surface area (Å²) in [4.78, 5) is 12.0. The first-order chi connectivity index (χ1) is 10.5. The van der Waals surface area contributed by atoms with Gasteiger partial charge in [0.2, 0.25) is 0 Å². The fourth-order valence-corrected chi connectivity index (χ4v) is 2.39. The Labute approximate surface area is 136 Å². The molecule has 0 aliphatic rings. The van der Waals surface area contributed by atoms with E-state index in [0.717, 1.165) is 11.1 Å². The van der Waals surface area contributed by atoms with Crippen molar-refractivity contribution >= 4 is 17.5 Å². The van der Waals surface area contributed by atoms with E-state index in [1.54, 1.807) is 24.3 Å². The molecule has 3 nitrogen and oxygen atoms in total. The number of hydrogen-bond acceptors (Lipinski definition) is 2. The van der Waals surface area contributed by atoms with E-state index in [-0.39, 0.29) is 18.6 Å². The van der Waals surface area contributed by atoms with Crippen LogP contribution < -0.4 is 10.1 Å². The highest BCUT2D eigenvalue weighted by Gasteiger charge is 2.12. The molecule has 0 bridgehead atoms. The van der Waals surface area contributed by atoms with Crippen LogP contribution in [0.4, 0.5) is 0 Å². The van der Waals surface area contributed by atoms with Gasteiger partial charge in [0, 0.05) is 5.02 Å². The third-order valence-corrected chi connectivity index (χ3v) is 3.71.